The first-order chi connectivity index (χ1) is 15.0. The van der Waals surface area contributed by atoms with Gasteiger partial charge >= 0.3 is 0 Å². The lowest BCUT2D eigenvalue weighted by Crippen LogP contribution is -2.36. The number of anilines is 1. The van der Waals surface area contributed by atoms with E-state index in [9.17, 15) is 9.18 Å². The Balaban J connectivity index is 1.64. The van der Waals surface area contributed by atoms with Crippen LogP contribution in [0.4, 0.5) is 10.1 Å². The third-order valence-electron chi connectivity index (χ3n) is 6.16. The molecule has 3 aromatic rings. The van der Waals surface area contributed by atoms with E-state index in [1.807, 2.05) is 30.3 Å². The number of carbonyl (C=O) groups is 1. The molecule has 2 aliphatic heterocycles. The third-order valence-corrected chi connectivity index (χ3v) is 6.16. The zero-order chi connectivity index (χ0) is 21.5. The van der Waals surface area contributed by atoms with Gasteiger partial charge in [-0.1, -0.05) is 62.4 Å². The van der Waals surface area contributed by atoms with E-state index in [1.54, 1.807) is 0 Å². The summed E-state index contributed by atoms with van der Waals surface area (Å²) in [7, 11) is 0. The minimum Gasteiger partial charge on any atom is -0.377 e. The summed E-state index contributed by atoms with van der Waals surface area (Å²) in [4.78, 5) is 17.2. The van der Waals surface area contributed by atoms with Crippen LogP contribution in [0.5, 0.6) is 0 Å². The van der Waals surface area contributed by atoms with Gasteiger partial charge in [0.15, 0.2) is 5.78 Å². The maximum atomic E-state index is 13.7. The topological polar surface area (TPSA) is 41.5 Å². The number of halogens is 1. The third kappa shape index (κ3) is 3.56. The maximum Gasteiger partial charge on any atom is 0.184 e. The normalized spacial score (nSPS) is 19.6. The lowest BCUT2D eigenvalue weighted by Gasteiger charge is -2.38. The maximum absolute atomic E-state index is 13.7. The summed E-state index contributed by atoms with van der Waals surface area (Å²) in [5, 5.41) is 3.67. The standard InChI is InChI=1S/C27H25FN2O/c1-16(2)14-17-6-8-19(9-7-17)26-24(18-10-12-20(28)13-11-18)27-25-21(23(31)15-29-27)4-3-5-22(25)30-26/h3-13,16,24,26,30H,14-15H2,1-2H3. The van der Waals surface area contributed by atoms with E-state index < -0.39 is 0 Å². The van der Waals surface area contributed by atoms with Crippen LogP contribution in [0.3, 0.4) is 0 Å². The van der Waals surface area contributed by atoms with Gasteiger partial charge in [0.1, 0.15) is 12.4 Å². The van der Waals surface area contributed by atoms with Gasteiger partial charge in [-0.3, -0.25) is 9.79 Å². The van der Waals surface area contributed by atoms with Crippen LogP contribution in [0.15, 0.2) is 71.7 Å². The van der Waals surface area contributed by atoms with E-state index in [4.69, 9.17) is 4.99 Å². The fourth-order valence-corrected chi connectivity index (χ4v) is 4.79. The lowest BCUT2D eigenvalue weighted by molar-refractivity contribution is 0.1000. The Morgan fingerprint density at radius 2 is 1.71 bits per heavy atom. The Kier molecular flexibility index (Phi) is 4.93. The average Bonchev–Trinajstić information content (AvgIpc) is 2.77. The number of ketones is 1. The summed E-state index contributed by atoms with van der Waals surface area (Å²) >= 11 is 0. The van der Waals surface area contributed by atoms with Gasteiger partial charge in [-0.2, -0.15) is 0 Å². The van der Waals surface area contributed by atoms with Crippen molar-refractivity contribution in [2.24, 2.45) is 10.9 Å². The summed E-state index contributed by atoms with van der Waals surface area (Å²) in [6.45, 7) is 4.60. The minimum absolute atomic E-state index is 0.0387. The van der Waals surface area contributed by atoms with Gasteiger partial charge in [-0.25, -0.2) is 4.39 Å². The first-order valence-corrected chi connectivity index (χ1v) is 10.8. The summed E-state index contributed by atoms with van der Waals surface area (Å²) in [6, 6.07) is 21.1. The highest BCUT2D eigenvalue weighted by molar-refractivity contribution is 6.21. The average molecular weight is 413 g/mol. The Morgan fingerprint density at radius 3 is 2.42 bits per heavy atom. The molecule has 156 valence electrons. The van der Waals surface area contributed by atoms with Crippen LogP contribution in [0.2, 0.25) is 0 Å². The van der Waals surface area contributed by atoms with E-state index in [1.165, 1.54) is 17.7 Å². The molecule has 0 aliphatic carbocycles. The van der Waals surface area contributed by atoms with Crippen molar-refractivity contribution in [2.45, 2.75) is 32.2 Å². The van der Waals surface area contributed by atoms with Crippen LogP contribution in [0.1, 0.15) is 58.4 Å². The molecule has 4 heteroatoms. The fourth-order valence-electron chi connectivity index (χ4n) is 4.79. The molecular weight excluding hydrogens is 387 g/mol. The van der Waals surface area contributed by atoms with E-state index in [0.29, 0.717) is 11.5 Å². The molecule has 5 rings (SSSR count). The Morgan fingerprint density at radius 1 is 1.00 bits per heavy atom. The molecule has 2 heterocycles. The molecule has 0 amide bonds. The predicted octanol–water partition coefficient (Wildman–Crippen LogP) is 5.96. The van der Waals surface area contributed by atoms with Gasteiger partial charge in [0.05, 0.1) is 17.7 Å². The molecule has 2 unspecified atom stereocenters. The van der Waals surface area contributed by atoms with Crippen LogP contribution in [0.25, 0.3) is 0 Å². The smallest absolute Gasteiger partial charge is 0.184 e. The Bertz CT molecular complexity index is 1160. The minimum atomic E-state index is -0.260. The van der Waals surface area contributed by atoms with Gasteiger partial charge < -0.3 is 5.32 Å². The van der Waals surface area contributed by atoms with Crippen molar-refractivity contribution in [3.05, 3.63) is 100 Å². The van der Waals surface area contributed by atoms with Gasteiger partial charge in [0.25, 0.3) is 0 Å². The molecule has 0 radical (unpaired) electrons. The second-order valence-electron chi connectivity index (χ2n) is 8.84. The van der Waals surface area contributed by atoms with Gasteiger partial charge in [-0.15, -0.1) is 0 Å². The van der Waals surface area contributed by atoms with Crippen molar-refractivity contribution in [2.75, 3.05) is 11.9 Å². The van der Waals surface area contributed by atoms with Crippen LogP contribution in [-0.4, -0.2) is 18.0 Å². The first-order valence-electron chi connectivity index (χ1n) is 10.8. The van der Waals surface area contributed by atoms with E-state index in [-0.39, 0.29) is 30.1 Å². The zero-order valence-electron chi connectivity index (χ0n) is 17.7. The van der Waals surface area contributed by atoms with Crippen molar-refractivity contribution >= 4 is 17.2 Å². The monoisotopic (exact) mass is 412 g/mol. The number of Topliss-reactive ketones (excluding diaryl/α,β-unsaturated/α-hetero) is 1. The number of rotatable bonds is 4. The Labute approximate surface area is 182 Å². The second kappa shape index (κ2) is 7.77. The van der Waals surface area contributed by atoms with Crippen molar-refractivity contribution in [1.82, 2.24) is 0 Å². The van der Waals surface area contributed by atoms with Crippen LogP contribution >= 0.6 is 0 Å². The van der Waals surface area contributed by atoms with Gasteiger partial charge in [0, 0.05) is 16.8 Å². The number of nitrogens with zero attached hydrogens (tertiary/aromatic N) is 1. The largest absolute Gasteiger partial charge is 0.377 e. The molecule has 1 N–H and O–H groups in total. The molecule has 0 spiro atoms. The fraction of sp³-hybridized carbons (Fsp3) is 0.259. The van der Waals surface area contributed by atoms with Crippen molar-refractivity contribution in [3.63, 3.8) is 0 Å². The number of hydrogen-bond acceptors (Lipinski definition) is 3. The van der Waals surface area contributed by atoms with Gasteiger partial charge in [0.2, 0.25) is 0 Å². The van der Waals surface area contributed by atoms with Crippen molar-refractivity contribution in [3.8, 4) is 0 Å². The van der Waals surface area contributed by atoms with Crippen LogP contribution < -0.4 is 5.32 Å². The number of hydrogen-bond donors (Lipinski definition) is 1. The molecule has 0 bridgehead atoms. The molecule has 2 aliphatic rings. The number of benzene rings is 3. The zero-order valence-corrected chi connectivity index (χ0v) is 17.7. The summed E-state index contributed by atoms with van der Waals surface area (Å²) in [6.07, 6.45) is 1.04. The molecule has 2 atom stereocenters. The first kappa shape index (κ1) is 19.7. The molecule has 0 saturated carbocycles. The van der Waals surface area contributed by atoms with Crippen LogP contribution in [0, 0.1) is 11.7 Å². The highest BCUT2D eigenvalue weighted by Crippen LogP contribution is 2.45. The number of nitrogens with one attached hydrogen (secondary N) is 1. The highest BCUT2D eigenvalue weighted by Gasteiger charge is 2.39. The Hall–Kier alpha value is -3.27. The summed E-state index contributed by atoms with van der Waals surface area (Å²) in [5.74, 6) is 0.268. The van der Waals surface area contributed by atoms with Crippen molar-refractivity contribution in [1.29, 1.82) is 0 Å². The van der Waals surface area contributed by atoms with Gasteiger partial charge in [-0.05, 0) is 47.2 Å². The molecule has 3 nitrogen and oxygen atoms in total. The molecule has 0 saturated heterocycles. The van der Waals surface area contributed by atoms with Crippen molar-refractivity contribution < 1.29 is 9.18 Å². The molecule has 3 aromatic carbocycles. The number of aliphatic imine (C=N–C) groups is 1. The van der Waals surface area contributed by atoms with E-state index in [0.717, 1.165) is 34.5 Å². The lowest BCUT2D eigenvalue weighted by atomic mass is 9.75. The molecule has 31 heavy (non-hydrogen) atoms. The van der Waals surface area contributed by atoms with E-state index in [2.05, 4.69) is 43.4 Å². The number of carbonyl (C=O) groups excluding carboxylic acids is 1. The SMILES string of the molecule is CC(C)Cc1ccc(C2Nc3cccc4c3C(=NCC4=O)C2c2ccc(F)cc2)cc1. The summed E-state index contributed by atoms with van der Waals surface area (Å²) < 4.78 is 13.7. The predicted molar refractivity (Wildman–Crippen MR) is 123 cm³/mol. The molecular formula is C27H25FN2O. The van der Waals surface area contributed by atoms with Crippen LogP contribution in [-0.2, 0) is 6.42 Å². The quantitative estimate of drug-likeness (QED) is 0.574. The second-order valence-corrected chi connectivity index (χ2v) is 8.84. The molecule has 0 fully saturated rings. The summed E-state index contributed by atoms with van der Waals surface area (Å²) in [5.41, 5.74) is 6.90. The molecule has 0 aromatic heterocycles. The van der Waals surface area contributed by atoms with E-state index >= 15 is 0 Å². The highest BCUT2D eigenvalue weighted by atomic mass is 19.1.